The molecule has 0 bridgehead atoms. The molecule has 0 saturated carbocycles. The van der Waals surface area contributed by atoms with Crippen molar-refractivity contribution in [3.05, 3.63) is 65.7 Å². The number of aryl methyl sites for hydroxylation is 1. The Morgan fingerprint density at radius 2 is 1.66 bits per heavy atom. The highest BCUT2D eigenvalue weighted by atomic mass is 16.5. The van der Waals surface area contributed by atoms with Crippen LogP contribution in [-0.4, -0.2) is 61.6 Å². The highest BCUT2D eigenvalue weighted by molar-refractivity contribution is 5.75. The van der Waals surface area contributed by atoms with E-state index in [1.54, 1.807) is 0 Å². The molecule has 0 radical (unpaired) electrons. The Kier molecular flexibility index (Phi) is 8.53. The van der Waals surface area contributed by atoms with E-state index in [1.807, 2.05) is 31.2 Å². The third-order valence-corrected chi connectivity index (χ3v) is 5.36. The summed E-state index contributed by atoms with van der Waals surface area (Å²) in [5.41, 5.74) is 2.50. The van der Waals surface area contributed by atoms with Crippen molar-refractivity contribution in [3.8, 4) is 5.75 Å². The van der Waals surface area contributed by atoms with Gasteiger partial charge in [0.15, 0.2) is 0 Å². The Bertz CT molecular complexity index is 743. The fourth-order valence-electron chi connectivity index (χ4n) is 3.59. The minimum Gasteiger partial charge on any atom is -0.493 e. The van der Waals surface area contributed by atoms with Crippen LogP contribution in [0.5, 0.6) is 5.75 Å². The van der Waals surface area contributed by atoms with Crippen LogP contribution in [0.15, 0.2) is 54.6 Å². The largest absolute Gasteiger partial charge is 0.493 e. The molecule has 1 heterocycles. The first-order chi connectivity index (χ1) is 14.2. The molecule has 0 aromatic heterocycles. The predicted molar refractivity (Wildman–Crippen MR) is 117 cm³/mol. The number of carbonyl (C=O) groups is 1. The lowest BCUT2D eigenvalue weighted by Gasteiger charge is -2.34. The number of nitrogens with one attached hydrogen (secondary N) is 1. The number of nitrogens with zero attached hydrogens (tertiary/aromatic N) is 2. The van der Waals surface area contributed by atoms with Gasteiger partial charge in [0, 0.05) is 52.2 Å². The van der Waals surface area contributed by atoms with Crippen LogP contribution < -0.4 is 10.1 Å². The second-order valence-electron chi connectivity index (χ2n) is 7.67. The molecule has 2 aromatic rings. The summed E-state index contributed by atoms with van der Waals surface area (Å²) in [6, 6.07) is 18.6. The molecular weight excluding hydrogens is 362 g/mol. The first-order valence-corrected chi connectivity index (χ1v) is 10.6. The van der Waals surface area contributed by atoms with Gasteiger partial charge in [0.2, 0.25) is 5.91 Å². The molecule has 1 aliphatic rings. The Balaban J connectivity index is 1.22. The monoisotopic (exact) mass is 395 g/mol. The number of carbonyl (C=O) groups excluding carboxylic acids is 1. The van der Waals surface area contributed by atoms with Gasteiger partial charge < -0.3 is 10.1 Å². The van der Waals surface area contributed by atoms with Gasteiger partial charge in [-0.25, -0.2) is 0 Å². The number of ether oxygens (including phenoxy) is 1. The predicted octanol–water partition coefficient (Wildman–Crippen LogP) is 3.09. The molecule has 0 unspecified atom stereocenters. The second-order valence-corrected chi connectivity index (χ2v) is 7.67. The molecule has 3 rings (SSSR count). The van der Waals surface area contributed by atoms with Gasteiger partial charge in [0.05, 0.1) is 6.61 Å². The third-order valence-electron chi connectivity index (χ3n) is 5.36. The standard InChI is InChI=1S/C24H33N3O2/c1-21-8-5-6-11-23(21)29-19-7-12-24(28)25-13-14-26-15-17-27(18-16-26)20-22-9-3-2-4-10-22/h2-6,8-11H,7,12-20H2,1H3,(H,25,28). The zero-order valence-corrected chi connectivity index (χ0v) is 17.5. The van der Waals surface area contributed by atoms with E-state index in [4.69, 9.17) is 4.74 Å². The smallest absolute Gasteiger partial charge is 0.220 e. The summed E-state index contributed by atoms with van der Waals surface area (Å²) in [6.45, 7) is 9.56. The summed E-state index contributed by atoms with van der Waals surface area (Å²) in [4.78, 5) is 17.0. The van der Waals surface area contributed by atoms with Crippen LogP contribution in [0.3, 0.4) is 0 Å². The van der Waals surface area contributed by atoms with E-state index in [1.165, 1.54) is 5.56 Å². The van der Waals surface area contributed by atoms with Crippen molar-refractivity contribution in [3.63, 3.8) is 0 Å². The van der Waals surface area contributed by atoms with Gasteiger partial charge in [-0.3, -0.25) is 14.6 Å². The summed E-state index contributed by atoms with van der Waals surface area (Å²) in [7, 11) is 0. The lowest BCUT2D eigenvalue weighted by atomic mass is 10.2. The molecule has 1 aliphatic heterocycles. The normalized spacial score (nSPS) is 15.2. The second kappa shape index (κ2) is 11.6. The van der Waals surface area contributed by atoms with Crippen molar-refractivity contribution >= 4 is 5.91 Å². The van der Waals surface area contributed by atoms with Crippen molar-refractivity contribution in [2.45, 2.75) is 26.3 Å². The Morgan fingerprint density at radius 3 is 2.41 bits per heavy atom. The molecular formula is C24H33N3O2. The fraction of sp³-hybridized carbons (Fsp3) is 0.458. The van der Waals surface area contributed by atoms with Gasteiger partial charge in [-0.15, -0.1) is 0 Å². The average Bonchev–Trinajstić information content (AvgIpc) is 2.74. The molecule has 5 nitrogen and oxygen atoms in total. The summed E-state index contributed by atoms with van der Waals surface area (Å²) in [6.07, 6.45) is 1.25. The molecule has 1 amide bonds. The van der Waals surface area contributed by atoms with E-state index in [9.17, 15) is 4.79 Å². The number of hydrogen-bond acceptors (Lipinski definition) is 4. The van der Waals surface area contributed by atoms with Crippen LogP contribution in [0.4, 0.5) is 0 Å². The zero-order valence-electron chi connectivity index (χ0n) is 17.5. The highest BCUT2D eigenvalue weighted by Gasteiger charge is 2.16. The fourth-order valence-corrected chi connectivity index (χ4v) is 3.59. The molecule has 156 valence electrons. The van der Waals surface area contributed by atoms with E-state index in [0.717, 1.165) is 63.5 Å². The van der Waals surface area contributed by atoms with Crippen LogP contribution in [-0.2, 0) is 11.3 Å². The summed E-state index contributed by atoms with van der Waals surface area (Å²) in [5, 5.41) is 3.04. The Morgan fingerprint density at radius 1 is 0.966 bits per heavy atom. The Hall–Kier alpha value is -2.37. The van der Waals surface area contributed by atoms with Gasteiger partial charge in [0.1, 0.15) is 5.75 Å². The minimum atomic E-state index is 0.112. The van der Waals surface area contributed by atoms with Gasteiger partial charge in [-0.2, -0.15) is 0 Å². The van der Waals surface area contributed by atoms with E-state index >= 15 is 0 Å². The van der Waals surface area contributed by atoms with Crippen LogP contribution in [0, 0.1) is 6.92 Å². The topological polar surface area (TPSA) is 44.8 Å². The third kappa shape index (κ3) is 7.52. The molecule has 29 heavy (non-hydrogen) atoms. The molecule has 0 aliphatic carbocycles. The van der Waals surface area contributed by atoms with Crippen LogP contribution in [0.1, 0.15) is 24.0 Å². The maximum Gasteiger partial charge on any atom is 0.220 e. The SMILES string of the molecule is Cc1ccccc1OCCCC(=O)NCCN1CCN(Cc2ccccc2)CC1. The van der Waals surface area contributed by atoms with Crippen LogP contribution in [0.25, 0.3) is 0 Å². The maximum absolute atomic E-state index is 12.0. The lowest BCUT2D eigenvalue weighted by Crippen LogP contribution is -2.48. The first-order valence-electron chi connectivity index (χ1n) is 10.6. The molecule has 5 heteroatoms. The summed E-state index contributed by atoms with van der Waals surface area (Å²) in [5.74, 6) is 1.01. The number of para-hydroxylation sites is 1. The maximum atomic E-state index is 12.0. The van der Waals surface area contributed by atoms with E-state index < -0.39 is 0 Å². The number of rotatable bonds is 10. The van der Waals surface area contributed by atoms with Crippen molar-refractivity contribution in [1.29, 1.82) is 0 Å². The summed E-state index contributed by atoms with van der Waals surface area (Å²) >= 11 is 0. The van der Waals surface area contributed by atoms with Crippen LogP contribution in [0.2, 0.25) is 0 Å². The van der Waals surface area contributed by atoms with Crippen molar-refractivity contribution < 1.29 is 9.53 Å². The highest BCUT2D eigenvalue weighted by Crippen LogP contribution is 2.16. The van der Waals surface area contributed by atoms with E-state index in [-0.39, 0.29) is 5.91 Å². The molecule has 1 saturated heterocycles. The lowest BCUT2D eigenvalue weighted by molar-refractivity contribution is -0.121. The van der Waals surface area contributed by atoms with Gasteiger partial charge in [-0.1, -0.05) is 48.5 Å². The van der Waals surface area contributed by atoms with Gasteiger partial charge >= 0.3 is 0 Å². The number of hydrogen-bond donors (Lipinski definition) is 1. The van der Waals surface area contributed by atoms with Gasteiger partial charge in [0.25, 0.3) is 0 Å². The number of piperazine rings is 1. The molecule has 2 aromatic carbocycles. The van der Waals surface area contributed by atoms with Crippen molar-refractivity contribution in [2.75, 3.05) is 45.9 Å². The number of benzene rings is 2. The molecule has 1 N–H and O–H groups in total. The van der Waals surface area contributed by atoms with Crippen LogP contribution >= 0.6 is 0 Å². The van der Waals surface area contributed by atoms with Gasteiger partial charge in [-0.05, 0) is 30.5 Å². The molecule has 0 spiro atoms. The van der Waals surface area contributed by atoms with Crippen molar-refractivity contribution in [2.24, 2.45) is 0 Å². The average molecular weight is 396 g/mol. The summed E-state index contributed by atoms with van der Waals surface area (Å²) < 4.78 is 5.75. The quantitative estimate of drug-likeness (QED) is 0.628. The zero-order chi connectivity index (χ0) is 20.3. The molecule has 0 atom stereocenters. The first kappa shape index (κ1) is 21.3. The van der Waals surface area contributed by atoms with E-state index in [0.29, 0.717) is 13.0 Å². The Labute approximate surface area is 174 Å². The number of amides is 1. The van der Waals surface area contributed by atoms with Crippen molar-refractivity contribution in [1.82, 2.24) is 15.1 Å². The van der Waals surface area contributed by atoms with E-state index in [2.05, 4.69) is 45.4 Å². The molecule has 1 fully saturated rings. The minimum absolute atomic E-state index is 0.112.